The quantitative estimate of drug-likeness (QED) is 0.907. The topological polar surface area (TPSA) is 46.9 Å². The highest BCUT2D eigenvalue weighted by Gasteiger charge is 2.15. The molecule has 0 bridgehead atoms. The van der Waals surface area contributed by atoms with Gasteiger partial charge in [0.1, 0.15) is 0 Å². The molecule has 0 saturated carbocycles. The van der Waals surface area contributed by atoms with E-state index in [2.05, 4.69) is 10.4 Å². The van der Waals surface area contributed by atoms with E-state index in [9.17, 15) is 4.79 Å². The summed E-state index contributed by atoms with van der Waals surface area (Å²) in [5, 5.41) is 8.47. The molecule has 0 radical (unpaired) electrons. The molecule has 2 aromatic rings. The van der Waals surface area contributed by atoms with Crippen LogP contribution in [-0.4, -0.2) is 15.7 Å². The third kappa shape index (κ3) is 3.07. The van der Waals surface area contributed by atoms with Gasteiger partial charge in [-0.3, -0.25) is 9.48 Å². The molecule has 1 amide bonds. The van der Waals surface area contributed by atoms with Gasteiger partial charge in [-0.15, -0.1) is 0 Å². The molecule has 1 aromatic carbocycles. The molecule has 19 heavy (non-hydrogen) atoms. The van der Waals surface area contributed by atoms with E-state index in [0.717, 1.165) is 16.5 Å². The largest absolute Gasteiger partial charge is 0.309 e. The number of rotatable bonds is 2. The first kappa shape index (κ1) is 15.5. The van der Waals surface area contributed by atoms with Gasteiger partial charge in [-0.25, -0.2) is 0 Å². The molecule has 5 heteroatoms. The Morgan fingerprint density at radius 1 is 1.42 bits per heavy atom. The van der Waals surface area contributed by atoms with Gasteiger partial charge in [0.2, 0.25) is 5.91 Å². The Bertz CT molecular complexity index is 590. The minimum Gasteiger partial charge on any atom is -0.309 e. The molecule has 0 saturated heterocycles. The van der Waals surface area contributed by atoms with E-state index in [1.54, 1.807) is 11.6 Å². The highest BCUT2D eigenvalue weighted by molar-refractivity contribution is 6.36. The van der Waals surface area contributed by atoms with E-state index < -0.39 is 0 Å². The lowest BCUT2D eigenvalue weighted by atomic mass is 10.1. The van der Waals surface area contributed by atoms with Crippen LogP contribution in [0.4, 0.5) is 5.82 Å². The maximum Gasteiger partial charge on any atom is 0.225 e. The van der Waals surface area contributed by atoms with Crippen molar-refractivity contribution < 1.29 is 4.79 Å². The normalized spacial score (nSPS) is 10.0. The number of aryl methyl sites for hydroxylation is 2. The highest BCUT2D eigenvalue weighted by atomic mass is 35.5. The van der Waals surface area contributed by atoms with Crippen LogP contribution in [0.2, 0.25) is 5.02 Å². The van der Waals surface area contributed by atoms with Crippen LogP contribution in [0.25, 0.3) is 10.9 Å². The van der Waals surface area contributed by atoms with E-state index in [1.807, 2.05) is 40.0 Å². The predicted octanol–water partition coefficient (Wildman–Crippen LogP) is 3.91. The molecule has 0 spiro atoms. The smallest absolute Gasteiger partial charge is 0.225 e. The van der Waals surface area contributed by atoms with E-state index in [4.69, 9.17) is 11.6 Å². The number of benzene rings is 1. The summed E-state index contributed by atoms with van der Waals surface area (Å²) in [7, 11) is 1.84. The van der Waals surface area contributed by atoms with Crippen molar-refractivity contribution >= 4 is 34.2 Å². The summed E-state index contributed by atoms with van der Waals surface area (Å²) in [4.78, 5) is 11.4. The number of hydrogen-bond donors (Lipinski definition) is 1. The molecule has 4 nitrogen and oxygen atoms in total. The molecular formula is C14H20ClN3O. The van der Waals surface area contributed by atoms with Gasteiger partial charge in [-0.05, 0) is 18.6 Å². The number of nitrogens with zero attached hydrogens (tertiary/aromatic N) is 2. The molecule has 0 atom stereocenters. The fourth-order valence-electron chi connectivity index (χ4n) is 1.87. The molecule has 0 fully saturated rings. The van der Waals surface area contributed by atoms with Gasteiger partial charge in [-0.1, -0.05) is 38.4 Å². The van der Waals surface area contributed by atoms with Gasteiger partial charge < -0.3 is 5.32 Å². The second-order valence-corrected chi connectivity index (χ2v) is 4.37. The van der Waals surface area contributed by atoms with Crippen LogP contribution < -0.4 is 5.32 Å². The van der Waals surface area contributed by atoms with Crippen molar-refractivity contribution in [3.05, 3.63) is 22.7 Å². The third-order valence-electron chi connectivity index (χ3n) is 2.72. The summed E-state index contributed by atoms with van der Waals surface area (Å²) in [6, 6.07) is 3.76. The maximum atomic E-state index is 11.4. The van der Waals surface area contributed by atoms with Gasteiger partial charge in [0.15, 0.2) is 5.82 Å². The monoisotopic (exact) mass is 281 g/mol. The molecule has 1 N–H and O–H groups in total. The zero-order chi connectivity index (χ0) is 14.6. The fourth-order valence-corrected chi connectivity index (χ4v) is 2.11. The number of fused-ring (bicyclic) bond motifs is 1. The zero-order valence-corrected chi connectivity index (χ0v) is 12.8. The van der Waals surface area contributed by atoms with Crippen molar-refractivity contribution in [2.24, 2.45) is 7.05 Å². The number of hydrogen-bond acceptors (Lipinski definition) is 2. The van der Waals surface area contributed by atoms with Crippen LogP contribution in [0.15, 0.2) is 12.1 Å². The van der Waals surface area contributed by atoms with Gasteiger partial charge in [-0.2, -0.15) is 5.10 Å². The minimum absolute atomic E-state index is 0.0671. The van der Waals surface area contributed by atoms with Crippen molar-refractivity contribution in [1.29, 1.82) is 0 Å². The van der Waals surface area contributed by atoms with Crippen LogP contribution >= 0.6 is 11.6 Å². The molecule has 0 aliphatic carbocycles. The van der Waals surface area contributed by atoms with Crippen LogP contribution in [0, 0.1) is 6.92 Å². The van der Waals surface area contributed by atoms with Crippen LogP contribution in [-0.2, 0) is 11.8 Å². The number of anilines is 1. The summed E-state index contributed by atoms with van der Waals surface area (Å²) in [5.41, 5.74) is 2.03. The van der Waals surface area contributed by atoms with Gasteiger partial charge in [0.25, 0.3) is 0 Å². The van der Waals surface area contributed by atoms with E-state index in [1.165, 1.54) is 0 Å². The van der Waals surface area contributed by atoms with Crippen molar-refractivity contribution in [2.45, 2.75) is 34.1 Å². The minimum atomic E-state index is -0.0671. The third-order valence-corrected chi connectivity index (χ3v) is 3.03. The van der Waals surface area contributed by atoms with Crippen LogP contribution in [0.3, 0.4) is 0 Å². The molecule has 2 rings (SSSR count). The van der Waals surface area contributed by atoms with Crippen molar-refractivity contribution in [1.82, 2.24) is 9.78 Å². The Kier molecular flexibility index (Phi) is 5.36. The maximum absolute atomic E-state index is 11.4. The lowest BCUT2D eigenvalue weighted by Gasteiger charge is -2.02. The fraction of sp³-hybridized carbons (Fsp3) is 0.429. The molecule has 1 heterocycles. The second-order valence-electron chi connectivity index (χ2n) is 3.96. The van der Waals surface area contributed by atoms with E-state index >= 15 is 0 Å². The Hall–Kier alpha value is -1.55. The van der Waals surface area contributed by atoms with Crippen molar-refractivity contribution in [3.8, 4) is 0 Å². The summed E-state index contributed by atoms with van der Waals surface area (Å²) in [6.45, 7) is 7.79. The molecule has 1 aromatic heterocycles. The standard InChI is InChI=1S/C12H14ClN3O.C2H6/c1-4-9(17)14-12-10-8(13)6-5-7(2)11(10)16(3)15-12;1-2/h5-6H,4H2,1-3H3,(H,14,15,17);1-2H3. The second kappa shape index (κ2) is 6.57. The summed E-state index contributed by atoms with van der Waals surface area (Å²) in [6.07, 6.45) is 0.418. The SMILES string of the molecule is CC.CCC(=O)Nc1nn(C)c2c(C)ccc(Cl)c12. The van der Waals surface area contributed by atoms with Crippen LogP contribution in [0.1, 0.15) is 32.8 Å². The lowest BCUT2D eigenvalue weighted by Crippen LogP contribution is -2.10. The molecule has 104 valence electrons. The number of amides is 1. The number of aromatic nitrogens is 2. The first-order chi connectivity index (χ1) is 9.04. The van der Waals surface area contributed by atoms with Crippen LogP contribution in [0.5, 0.6) is 0 Å². The summed E-state index contributed by atoms with van der Waals surface area (Å²) < 4.78 is 1.74. The molecular weight excluding hydrogens is 262 g/mol. The van der Waals surface area contributed by atoms with Gasteiger partial charge in [0, 0.05) is 13.5 Å². The number of carbonyl (C=O) groups is 1. The number of halogens is 1. The Morgan fingerprint density at radius 3 is 2.63 bits per heavy atom. The Balaban J connectivity index is 0.000000861. The zero-order valence-electron chi connectivity index (χ0n) is 12.0. The number of carbonyl (C=O) groups excluding carboxylic acids is 1. The molecule has 0 aliphatic rings. The first-order valence-corrected chi connectivity index (χ1v) is 6.84. The summed E-state index contributed by atoms with van der Waals surface area (Å²) >= 11 is 6.17. The van der Waals surface area contributed by atoms with Gasteiger partial charge in [0.05, 0.1) is 15.9 Å². The Morgan fingerprint density at radius 2 is 2.05 bits per heavy atom. The highest BCUT2D eigenvalue weighted by Crippen LogP contribution is 2.31. The first-order valence-electron chi connectivity index (χ1n) is 6.46. The lowest BCUT2D eigenvalue weighted by molar-refractivity contribution is -0.115. The summed E-state index contributed by atoms with van der Waals surface area (Å²) in [5.74, 6) is 0.464. The van der Waals surface area contributed by atoms with Gasteiger partial charge >= 0.3 is 0 Å². The Labute approximate surface area is 118 Å². The predicted molar refractivity (Wildman–Crippen MR) is 80.7 cm³/mol. The molecule has 0 aliphatic heterocycles. The van der Waals surface area contributed by atoms with Crippen molar-refractivity contribution in [2.75, 3.05) is 5.32 Å². The average Bonchev–Trinajstić information content (AvgIpc) is 2.74. The van der Waals surface area contributed by atoms with E-state index in [0.29, 0.717) is 17.3 Å². The van der Waals surface area contributed by atoms with E-state index in [-0.39, 0.29) is 5.91 Å². The van der Waals surface area contributed by atoms with Crippen molar-refractivity contribution in [3.63, 3.8) is 0 Å². The number of nitrogens with one attached hydrogen (secondary N) is 1. The average molecular weight is 282 g/mol. The molecule has 0 unspecified atom stereocenters.